The monoisotopic (exact) mass is 318 g/mol. The Morgan fingerprint density at radius 2 is 2.09 bits per heavy atom. The molecule has 1 aliphatic heterocycles. The van der Waals surface area contributed by atoms with Crippen molar-refractivity contribution in [3.05, 3.63) is 30.3 Å². The van der Waals surface area contributed by atoms with Gasteiger partial charge in [0.25, 0.3) is 5.91 Å². The molecule has 1 aromatic rings. The van der Waals surface area contributed by atoms with Crippen LogP contribution in [0, 0.1) is 0 Å². The molecule has 0 bridgehead atoms. The summed E-state index contributed by atoms with van der Waals surface area (Å²) in [6, 6.07) is 9.41. The number of para-hydroxylation sites is 1. The minimum atomic E-state index is -0.525. The van der Waals surface area contributed by atoms with Gasteiger partial charge in [-0.05, 0) is 38.3 Å². The van der Waals surface area contributed by atoms with Crippen LogP contribution in [-0.4, -0.2) is 41.9 Å². The summed E-state index contributed by atoms with van der Waals surface area (Å²) in [5.74, 6) is 0.738. The molecule has 1 N–H and O–H groups in total. The summed E-state index contributed by atoms with van der Waals surface area (Å²) in [7, 11) is 0. The number of ether oxygens (including phenoxy) is 1. The zero-order valence-electron chi connectivity index (χ0n) is 14.0. The summed E-state index contributed by atoms with van der Waals surface area (Å²) in [6.45, 7) is 5.05. The third kappa shape index (κ3) is 5.27. The molecule has 1 fully saturated rings. The first-order chi connectivity index (χ1) is 11.1. The second-order valence-corrected chi connectivity index (χ2v) is 6.01. The lowest BCUT2D eigenvalue weighted by Crippen LogP contribution is -2.52. The Kier molecular flexibility index (Phi) is 6.44. The summed E-state index contributed by atoms with van der Waals surface area (Å²) in [4.78, 5) is 26.1. The fourth-order valence-corrected chi connectivity index (χ4v) is 2.83. The number of nitrogens with one attached hydrogen (secondary N) is 1. The van der Waals surface area contributed by atoms with Gasteiger partial charge in [0, 0.05) is 25.6 Å². The van der Waals surface area contributed by atoms with Crippen LogP contribution in [0.15, 0.2) is 30.3 Å². The molecule has 126 valence electrons. The van der Waals surface area contributed by atoms with E-state index in [9.17, 15) is 9.59 Å². The van der Waals surface area contributed by atoms with Gasteiger partial charge in [0.1, 0.15) is 5.75 Å². The molecule has 2 rings (SSSR count). The predicted octanol–water partition coefficient (Wildman–Crippen LogP) is 2.36. The number of carbonyl (C=O) groups is 2. The molecule has 0 aromatic heterocycles. The maximum atomic E-state index is 12.5. The number of amides is 2. The van der Waals surface area contributed by atoms with Crippen molar-refractivity contribution in [3.8, 4) is 5.75 Å². The van der Waals surface area contributed by atoms with Crippen LogP contribution in [-0.2, 0) is 9.59 Å². The first-order valence-corrected chi connectivity index (χ1v) is 8.40. The molecule has 5 nitrogen and oxygen atoms in total. The fraction of sp³-hybridized carbons (Fsp3) is 0.556. The van der Waals surface area contributed by atoms with Gasteiger partial charge in [-0.15, -0.1) is 0 Å². The molecule has 2 amide bonds. The molecule has 1 aromatic carbocycles. The summed E-state index contributed by atoms with van der Waals surface area (Å²) < 4.78 is 5.71. The fourth-order valence-electron chi connectivity index (χ4n) is 2.83. The Hall–Kier alpha value is -2.04. The van der Waals surface area contributed by atoms with E-state index in [0.29, 0.717) is 18.7 Å². The lowest BCUT2D eigenvalue weighted by Gasteiger charge is -2.34. The van der Waals surface area contributed by atoms with Crippen LogP contribution in [0.3, 0.4) is 0 Å². The van der Waals surface area contributed by atoms with Gasteiger partial charge in [0.15, 0.2) is 6.10 Å². The van der Waals surface area contributed by atoms with Crippen LogP contribution < -0.4 is 10.1 Å². The molecule has 5 heteroatoms. The van der Waals surface area contributed by atoms with Gasteiger partial charge in [-0.25, -0.2) is 0 Å². The van der Waals surface area contributed by atoms with Crippen molar-refractivity contribution in [2.24, 2.45) is 0 Å². The molecule has 0 spiro atoms. The molecule has 0 unspecified atom stereocenters. The van der Waals surface area contributed by atoms with E-state index in [-0.39, 0.29) is 17.9 Å². The van der Waals surface area contributed by atoms with Crippen molar-refractivity contribution in [1.29, 1.82) is 0 Å². The van der Waals surface area contributed by atoms with Crippen molar-refractivity contribution >= 4 is 11.8 Å². The van der Waals surface area contributed by atoms with Gasteiger partial charge >= 0.3 is 0 Å². The highest BCUT2D eigenvalue weighted by Gasteiger charge is 2.28. The minimum absolute atomic E-state index is 0.0247. The van der Waals surface area contributed by atoms with Crippen molar-refractivity contribution in [2.75, 3.05) is 13.1 Å². The van der Waals surface area contributed by atoms with E-state index < -0.39 is 6.10 Å². The number of rotatable bonds is 6. The second kappa shape index (κ2) is 8.56. The van der Waals surface area contributed by atoms with Gasteiger partial charge < -0.3 is 15.0 Å². The van der Waals surface area contributed by atoms with Crippen molar-refractivity contribution in [2.45, 2.75) is 51.7 Å². The van der Waals surface area contributed by atoms with E-state index >= 15 is 0 Å². The molecular weight excluding hydrogens is 292 g/mol. The van der Waals surface area contributed by atoms with Gasteiger partial charge in [-0.2, -0.15) is 0 Å². The SMILES string of the molecule is CCCC(=O)N[C@@H]1CCCN(C(=O)[C@@H](C)Oc2ccccc2)C1. The van der Waals surface area contributed by atoms with E-state index in [2.05, 4.69) is 5.32 Å². The third-order valence-electron chi connectivity index (χ3n) is 3.98. The average molecular weight is 318 g/mol. The van der Waals surface area contributed by atoms with Gasteiger partial charge in [-0.1, -0.05) is 25.1 Å². The molecule has 2 atom stereocenters. The number of carbonyl (C=O) groups excluding carboxylic acids is 2. The van der Waals surface area contributed by atoms with Crippen LogP contribution in [0.4, 0.5) is 0 Å². The number of nitrogens with zero attached hydrogens (tertiary/aromatic N) is 1. The predicted molar refractivity (Wildman–Crippen MR) is 89.2 cm³/mol. The lowest BCUT2D eigenvalue weighted by atomic mass is 10.0. The van der Waals surface area contributed by atoms with Gasteiger partial charge in [0.2, 0.25) is 5.91 Å². The largest absolute Gasteiger partial charge is 0.481 e. The smallest absolute Gasteiger partial charge is 0.263 e. The molecule has 1 aliphatic rings. The van der Waals surface area contributed by atoms with E-state index in [0.717, 1.165) is 25.8 Å². The van der Waals surface area contributed by atoms with Crippen LogP contribution in [0.2, 0.25) is 0 Å². The summed E-state index contributed by atoms with van der Waals surface area (Å²) in [5, 5.41) is 3.02. The van der Waals surface area contributed by atoms with Crippen molar-refractivity contribution < 1.29 is 14.3 Å². The Balaban J connectivity index is 1.87. The maximum absolute atomic E-state index is 12.5. The van der Waals surface area contributed by atoms with Crippen molar-refractivity contribution in [1.82, 2.24) is 10.2 Å². The zero-order valence-corrected chi connectivity index (χ0v) is 14.0. The third-order valence-corrected chi connectivity index (χ3v) is 3.98. The van der Waals surface area contributed by atoms with Crippen molar-refractivity contribution in [3.63, 3.8) is 0 Å². The Labute approximate surface area is 138 Å². The van der Waals surface area contributed by atoms with Crippen LogP contribution >= 0.6 is 0 Å². The number of hydrogen-bond acceptors (Lipinski definition) is 3. The topological polar surface area (TPSA) is 58.6 Å². The molecule has 0 saturated carbocycles. The highest BCUT2D eigenvalue weighted by atomic mass is 16.5. The summed E-state index contributed by atoms with van der Waals surface area (Å²) >= 11 is 0. The Morgan fingerprint density at radius 3 is 2.78 bits per heavy atom. The highest BCUT2D eigenvalue weighted by Crippen LogP contribution is 2.15. The molecular formula is C18H26N2O3. The first kappa shape index (κ1) is 17.3. The first-order valence-electron chi connectivity index (χ1n) is 8.40. The average Bonchev–Trinajstić information content (AvgIpc) is 2.55. The number of likely N-dealkylation sites (tertiary alicyclic amines) is 1. The van der Waals surface area contributed by atoms with Crippen LogP contribution in [0.25, 0.3) is 0 Å². The quantitative estimate of drug-likeness (QED) is 0.876. The van der Waals surface area contributed by atoms with Crippen LogP contribution in [0.5, 0.6) is 5.75 Å². The molecule has 1 saturated heterocycles. The van der Waals surface area contributed by atoms with Crippen LogP contribution in [0.1, 0.15) is 39.5 Å². The second-order valence-electron chi connectivity index (χ2n) is 6.01. The number of hydrogen-bond donors (Lipinski definition) is 1. The van der Waals surface area contributed by atoms with Gasteiger partial charge in [-0.3, -0.25) is 9.59 Å². The Morgan fingerprint density at radius 1 is 1.35 bits per heavy atom. The van der Waals surface area contributed by atoms with E-state index in [1.807, 2.05) is 37.3 Å². The van der Waals surface area contributed by atoms with E-state index in [1.165, 1.54) is 0 Å². The Bertz CT molecular complexity index is 518. The highest BCUT2D eigenvalue weighted by molar-refractivity contribution is 5.81. The maximum Gasteiger partial charge on any atom is 0.263 e. The van der Waals surface area contributed by atoms with E-state index in [1.54, 1.807) is 11.8 Å². The number of benzene rings is 1. The molecule has 0 radical (unpaired) electrons. The standard InChI is InChI=1S/C18H26N2O3/c1-3-8-17(21)19-15-9-7-12-20(13-15)18(22)14(2)23-16-10-5-4-6-11-16/h4-6,10-11,14-15H,3,7-9,12-13H2,1-2H3,(H,19,21)/t14-,15-/m1/s1. The molecule has 0 aliphatic carbocycles. The summed E-state index contributed by atoms with van der Waals surface area (Å²) in [6.07, 6.45) is 2.68. The molecule has 1 heterocycles. The van der Waals surface area contributed by atoms with Gasteiger partial charge in [0.05, 0.1) is 0 Å². The minimum Gasteiger partial charge on any atom is -0.481 e. The normalized spacial score (nSPS) is 19.0. The van der Waals surface area contributed by atoms with E-state index in [4.69, 9.17) is 4.74 Å². The molecule has 23 heavy (non-hydrogen) atoms. The lowest BCUT2D eigenvalue weighted by molar-refractivity contribution is -0.140. The number of piperidine rings is 1. The summed E-state index contributed by atoms with van der Waals surface area (Å²) in [5.41, 5.74) is 0. The zero-order chi connectivity index (χ0) is 16.7.